The molecule has 0 amide bonds. The predicted molar refractivity (Wildman–Crippen MR) is 81.9 cm³/mol. The molecule has 1 spiro atoms. The Morgan fingerprint density at radius 3 is 2.57 bits per heavy atom. The molecule has 1 aliphatic heterocycles. The second kappa shape index (κ2) is 5.66. The summed E-state index contributed by atoms with van der Waals surface area (Å²) in [4.78, 5) is 0. The molecule has 2 atom stereocenters. The lowest BCUT2D eigenvalue weighted by molar-refractivity contribution is -0.328. The standard InChI is InChI=1S/C16H17BrO4/c1-18-15(19-2)9-8-13(17)10-16(15)20-11-14(21-16)12-6-4-3-5-7-12/h3-10,14H,11H2,1-2H3/t14-,16+/m0/s1. The molecule has 0 saturated carbocycles. The summed E-state index contributed by atoms with van der Waals surface area (Å²) in [6.45, 7) is 0.434. The normalized spacial score (nSPS) is 30.6. The van der Waals surface area contributed by atoms with Gasteiger partial charge in [-0.1, -0.05) is 46.3 Å². The second-order valence-electron chi connectivity index (χ2n) is 4.93. The van der Waals surface area contributed by atoms with Crippen LogP contribution in [-0.4, -0.2) is 32.4 Å². The quantitative estimate of drug-likeness (QED) is 0.782. The van der Waals surface area contributed by atoms with Gasteiger partial charge in [-0.2, -0.15) is 0 Å². The molecule has 1 heterocycles. The summed E-state index contributed by atoms with van der Waals surface area (Å²) in [5.74, 6) is -2.21. The summed E-state index contributed by atoms with van der Waals surface area (Å²) in [5, 5.41) is 0. The molecular weight excluding hydrogens is 336 g/mol. The third-order valence-electron chi connectivity index (χ3n) is 3.82. The molecule has 0 aromatic heterocycles. The monoisotopic (exact) mass is 352 g/mol. The van der Waals surface area contributed by atoms with Crippen molar-refractivity contribution >= 4 is 15.9 Å². The first kappa shape index (κ1) is 14.9. The highest BCUT2D eigenvalue weighted by molar-refractivity contribution is 9.11. The van der Waals surface area contributed by atoms with Crippen molar-refractivity contribution in [2.75, 3.05) is 20.8 Å². The Balaban J connectivity index is 1.95. The molecule has 0 radical (unpaired) electrons. The SMILES string of the molecule is COC1(OC)C=CC(Br)=C[C@]12OC[C@@H](c1ccccc1)O2. The zero-order chi connectivity index (χ0) is 14.9. The Hall–Kier alpha value is -0.980. The molecule has 5 heteroatoms. The maximum Gasteiger partial charge on any atom is 0.250 e. The maximum atomic E-state index is 6.21. The lowest BCUT2D eigenvalue weighted by Crippen LogP contribution is -2.56. The van der Waals surface area contributed by atoms with Crippen LogP contribution in [0.1, 0.15) is 11.7 Å². The number of allylic oxidation sites excluding steroid dienone is 2. The fourth-order valence-electron chi connectivity index (χ4n) is 2.71. The molecule has 0 bridgehead atoms. The average molecular weight is 353 g/mol. The smallest absolute Gasteiger partial charge is 0.250 e. The zero-order valence-corrected chi connectivity index (χ0v) is 13.5. The largest absolute Gasteiger partial charge is 0.345 e. The third kappa shape index (κ3) is 2.39. The third-order valence-corrected chi connectivity index (χ3v) is 4.31. The van der Waals surface area contributed by atoms with Crippen LogP contribution in [0.4, 0.5) is 0 Å². The van der Waals surface area contributed by atoms with E-state index in [1.807, 2.05) is 42.5 Å². The number of ether oxygens (including phenoxy) is 4. The van der Waals surface area contributed by atoms with Gasteiger partial charge in [-0.25, -0.2) is 0 Å². The van der Waals surface area contributed by atoms with Crippen LogP contribution in [0.3, 0.4) is 0 Å². The molecule has 1 saturated heterocycles. The van der Waals surface area contributed by atoms with Crippen molar-refractivity contribution < 1.29 is 18.9 Å². The van der Waals surface area contributed by atoms with Gasteiger partial charge in [-0.3, -0.25) is 0 Å². The van der Waals surface area contributed by atoms with Crippen LogP contribution < -0.4 is 0 Å². The van der Waals surface area contributed by atoms with E-state index in [0.29, 0.717) is 6.61 Å². The summed E-state index contributed by atoms with van der Waals surface area (Å²) >= 11 is 3.46. The first-order valence-electron chi connectivity index (χ1n) is 6.69. The van der Waals surface area contributed by atoms with Crippen LogP contribution >= 0.6 is 15.9 Å². The Kier molecular flexibility index (Phi) is 4.03. The van der Waals surface area contributed by atoms with Gasteiger partial charge in [0.05, 0.1) is 6.61 Å². The summed E-state index contributed by atoms with van der Waals surface area (Å²) in [7, 11) is 3.15. The van der Waals surface area contributed by atoms with Crippen LogP contribution in [0.15, 0.2) is 53.0 Å². The Labute approximate surface area is 132 Å². The molecule has 21 heavy (non-hydrogen) atoms. The van der Waals surface area contributed by atoms with E-state index in [9.17, 15) is 0 Å². The number of halogens is 1. The fraction of sp³-hybridized carbons (Fsp3) is 0.375. The maximum absolute atomic E-state index is 6.21. The van der Waals surface area contributed by atoms with E-state index in [2.05, 4.69) is 15.9 Å². The first-order chi connectivity index (χ1) is 10.1. The van der Waals surface area contributed by atoms with Crippen molar-refractivity contribution in [1.29, 1.82) is 0 Å². The van der Waals surface area contributed by atoms with E-state index in [-0.39, 0.29) is 6.10 Å². The average Bonchev–Trinajstić information content (AvgIpc) is 2.94. The van der Waals surface area contributed by atoms with Crippen LogP contribution in [0.2, 0.25) is 0 Å². The van der Waals surface area contributed by atoms with Crippen molar-refractivity contribution in [1.82, 2.24) is 0 Å². The number of methoxy groups -OCH3 is 2. The van der Waals surface area contributed by atoms with Crippen molar-refractivity contribution in [2.24, 2.45) is 0 Å². The number of hydrogen-bond donors (Lipinski definition) is 0. The molecule has 2 aliphatic rings. The van der Waals surface area contributed by atoms with Crippen molar-refractivity contribution in [3.8, 4) is 0 Å². The van der Waals surface area contributed by atoms with Crippen LogP contribution in [0.25, 0.3) is 0 Å². The van der Waals surface area contributed by atoms with Crippen LogP contribution in [0.5, 0.6) is 0 Å². The Bertz CT molecular complexity index is 565. The minimum atomic E-state index is -1.11. The van der Waals surface area contributed by atoms with Crippen LogP contribution in [0, 0.1) is 0 Å². The van der Waals surface area contributed by atoms with E-state index in [4.69, 9.17) is 18.9 Å². The number of rotatable bonds is 3. The molecule has 4 nitrogen and oxygen atoms in total. The minimum Gasteiger partial charge on any atom is -0.345 e. The lowest BCUT2D eigenvalue weighted by atomic mass is 9.99. The Morgan fingerprint density at radius 1 is 1.19 bits per heavy atom. The summed E-state index contributed by atoms with van der Waals surface area (Å²) in [5.41, 5.74) is 1.06. The van der Waals surface area contributed by atoms with Crippen LogP contribution in [-0.2, 0) is 18.9 Å². The number of benzene rings is 1. The van der Waals surface area contributed by atoms with E-state index in [0.717, 1.165) is 10.0 Å². The summed E-state index contributed by atoms with van der Waals surface area (Å²) < 4.78 is 24.2. The van der Waals surface area contributed by atoms with Gasteiger partial charge in [-0.05, 0) is 23.8 Å². The highest BCUT2D eigenvalue weighted by atomic mass is 79.9. The van der Waals surface area contributed by atoms with E-state index < -0.39 is 11.6 Å². The zero-order valence-electron chi connectivity index (χ0n) is 11.9. The summed E-state index contributed by atoms with van der Waals surface area (Å²) in [6, 6.07) is 9.98. The van der Waals surface area contributed by atoms with E-state index in [1.54, 1.807) is 20.3 Å². The van der Waals surface area contributed by atoms with Gasteiger partial charge in [-0.15, -0.1) is 0 Å². The first-order valence-corrected chi connectivity index (χ1v) is 7.48. The van der Waals surface area contributed by atoms with Gasteiger partial charge in [0.25, 0.3) is 0 Å². The Morgan fingerprint density at radius 2 is 1.90 bits per heavy atom. The van der Waals surface area contributed by atoms with Gasteiger partial charge in [0.15, 0.2) is 0 Å². The summed E-state index contributed by atoms with van der Waals surface area (Å²) in [6.07, 6.45) is 5.33. The highest BCUT2D eigenvalue weighted by Gasteiger charge is 2.59. The molecule has 3 rings (SSSR count). The molecule has 112 valence electrons. The van der Waals surface area contributed by atoms with Gasteiger partial charge >= 0.3 is 0 Å². The lowest BCUT2D eigenvalue weighted by Gasteiger charge is -2.42. The highest BCUT2D eigenvalue weighted by Crippen LogP contribution is 2.47. The molecule has 1 aromatic rings. The minimum absolute atomic E-state index is 0.168. The molecule has 0 N–H and O–H groups in total. The van der Waals surface area contributed by atoms with E-state index in [1.165, 1.54) is 0 Å². The van der Waals surface area contributed by atoms with Crippen molar-refractivity contribution in [3.05, 3.63) is 58.6 Å². The molecule has 0 unspecified atom stereocenters. The van der Waals surface area contributed by atoms with Gasteiger partial charge < -0.3 is 18.9 Å². The van der Waals surface area contributed by atoms with E-state index >= 15 is 0 Å². The van der Waals surface area contributed by atoms with Gasteiger partial charge in [0.1, 0.15) is 6.10 Å². The van der Waals surface area contributed by atoms with Crippen molar-refractivity contribution in [3.63, 3.8) is 0 Å². The molecule has 1 aromatic carbocycles. The molecule has 1 aliphatic carbocycles. The number of hydrogen-bond acceptors (Lipinski definition) is 4. The predicted octanol–water partition coefficient (Wildman–Crippen LogP) is 3.31. The molecule has 1 fully saturated rings. The van der Waals surface area contributed by atoms with Crippen molar-refractivity contribution in [2.45, 2.75) is 17.7 Å². The second-order valence-corrected chi connectivity index (χ2v) is 5.85. The fourth-order valence-corrected chi connectivity index (χ4v) is 3.14. The topological polar surface area (TPSA) is 36.9 Å². The van der Waals surface area contributed by atoms with Gasteiger partial charge in [0, 0.05) is 18.7 Å². The molecular formula is C16H17BrO4. The van der Waals surface area contributed by atoms with Gasteiger partial charge in [0.2, 0.25) is 11.6 Å².